The summed E-state index contributed by atoms with van der Waals surface area (Å²) in [6.07, 6.45) is 3.98. The second kappa shape index (κ2) is 5.14. The molecule has 1 amide bonds. The molecule has 2 aliphatic rings. The number of amides is 1. The van der Waals surface area contributed by atoms with Crippen molar-refractivity contribution in [1.29, 1.82) is 0 Å². The van der Waals surface area contributed by atoms with Crippen LogP contribution in [0.25, 0.3) is 0 Å². The van der Waals surface area contributed by atoms with Crippen molar-refractivity contribution in [3.63, 3.8) is 0 Å². The van der Waals surface area contributed by atoms with Crippen LogP contribution in [0, 0.1) is 23.7 Å². The highest BCUT2D eigenvalue weighted by Gasteiger charge is 2.55. The highest BCUT2D eigenvalue weighted by molar-refractivity contribution is 5.89. The van der Waals surface area contributed by atoms with Gasteiger partial charge in [-0.05, 0) is 30.6 Å². The SMILES string of the molecule is CC1CCC(C(C)C)C(C2(C(N)=O)CCC(=O)O2)C1. The molecule has 4 heteroatoms. The maximum Gasteiger partial charge on any atom is 0.307 e. The number of nitrogens with two attached hydrogens (primary N) is 1. The zero-order valence-electron chi connectivity index (χ0n) is 12.1. The van der Waals surface area contributed by atoms with Crippen LogP contribution in [-0.4, -0.2) is 17.5 Å². The van der Waals surface area contributed by atoms with Gasteiger partial charge in [-0.15, -0.1) is 0 Å². The smallest absolute Gasteiger partial charge is 0.307 e. The minimum Gasteiger partial charge on any atom is -0.449 e. The number of carbonyl (C=O) groups excluding carboxylic acids is 2. The molecule has 108 valence electrons. The summed E-state index contributed by atoms with van der Waals surface area (Å²) in [7, 11) is 0. The predicted octanol–water partition coefficient (Wildman–Crippen LogP) is 2.26. The Kier molecular flexibility index (Phi) is 3.88. The maximum atomic E-state index is 12.0. The van der Waals surface area contributed by atoms with Gasteiger partial charge < -0.3 is 10.5 Å². The third kappa shape index (κ3) is 2.49. The third-order valence-corrected chi connectivity index (χ3v) is 5.03. The zero-order valence-corrected chi connectivity index (χ0v) is 12.1. The molecule has 19 heavy (non-hydrogen) atoms. The lowest BCUT2D eigenvalue weighted by atomic mass is 9.63. The Bertz CT molecular complexity index is 380. The summed E-state index contributed by atoms with van der Waals surface area (Å²) in [5.41, 5.74) is 4.58. The Balaban J connectivity index is 2.32. The molecule has 1 saturated heterocycles. The minimum atomic E-state index is -1.04. The van der Waals surface area contributed by atoms with Gasteiger partial charge in [0.15, 0.2) is 5.60 Å². The molecule has 1 saturated carbocycles. The van der Waals surface area contributed by atoms with E-state index in [-0.39, 0.29) is 11.9 Å². The second-order valence-electron chi connectivity index (χ2n) is 6.66. The highest BCUT2D eigenvalue weighted by atomic mass is 16.6. The Labute approximate surface area is 115 Å². The van der Waals surface area contributed by atoms with Gasteiger partial charge in [-0.1, -0.05) is 27.2 Å². The standard InChI is InChI=1S/C15H25NO3/c1-9(2)11-5-4-10(3)8-12(11)15(14(16)18)7-6-13(17)19-15/h9-12H,4-8H2,1-3H3,(H2,16,18). The molecule has 2 rings (SSSR count). The normalized spacial score (nSPS) is 39.4. The summed E-state index contributed by atoms with van der Waals surface area (Å²) >= 11 is 0. The minimum absolute atomic E-state index is 0.0835. The number of hydrogen-bond donors (Lipinski definition) is 1. The number of hydrogen-bond acceptors (Lipinski definition) is 3. The predicted molar refractivity (Wildman–Crippen MR) is 72.1 cm³/mol. The topological polar surface area (TPSA) is 69.4 Å². The average molecular weight is 267 g/mol. The number of cyclic esters (lactones) is 1. The van der Waals surface area contributed by atoms with Gasteiger partial charge in [0, 0.05) is 18.8 Å². The van der Waals surface area contributed by atoms with Crippen molar-refractivity contribution >= 4 is 11.9 Å². The van der Waals surface area contributed by atoms with E-state index in [0.29, 0.717) is 30.6 Å². The Morgan fingerprint density at radius 1 is 1.42 bits per heavy atom. The van der Waals surface area contributed by atoms with Gasteiger partial charge in [-0.3, -0.25) is 9.59 Å². The van der Waals surface area contributed by atoms with Gasteiger partial charge in [-0.25, -0.2) is 0 Å². The van der Waals surface area contributed by atoms with Crippen molar-refractivity contribution in [2.45, 2.75) is 58.5 Å². The lowest BCUT2D eigenvalue weighted by Crippen LogP contribution is -2.54. The van der Waals surface area contributed by atoms with Crippen LogP contribution in [0.5, 0.6) is 0 Å². The third-order valence-electron chi connectivity index (χ3n) is 5.03. The van der Waals surface area contributed by atoms with E-state index in [9.17, 15) is 9.59 Å². The van der Waals surface area contributed by atoms with Crippen LogP contribution in [0.4, 0.5) is 0 Å². The molecule has 4 unspecified atom stereocenters. The molecule has 1 aliphatic heterocycles. The zero-order chi connectivity index (χ0) is 14.2. The molecule has 1 aliphatic carbocycles. The first-order valence-electron chi connectivity index (χ1n) is 7.38. The molecule has 0 radical (unpaired) electrons. The molecular formula is C15H25NO3. The van der Waals surface area contributed by atoms with Gasteiger partial charge >= 0.3 is 5.97 Å². The molecule has 1 heterocycles. The van der Waals surface area contributed by atoms with E-state index in [1.54, 1.807) is 0 Å². The van der Waals surface area contributed by atoms with Crippen LogP contribution < -0.4 is 5.73 Å². The highest BCUT2D eigenvalue weighted by Crippen LogP contribution is 2.48. The van der Waals surface area contributed by atoms with E-state index < -0.39 is 11.5 Å². The summed E-state index contributed by atoms with van der Waals surface area (Å²) in [6.45, 7) is 6.56. The summed E-state index contributed by atoms with van der Waals surface area (Å²) < 4.78 is 5.47. The number of rotatable bonds is 3. The van der Waals surface area contributed by atoms with Crippen molar-refractivity contribution in [3.8, 4) is 0 Å². The van der Waals surface area contributed by atoms with Crippen LogP contribution in [0.15, 0.2) is 0 Å². The Morgan fingerprint density at radius 2 is 2.11 bits per heavy atom. The summed E-state index contributed by atoms with van der Waals surface area (Å²) in [6, 6.07) is 0. The van der Waals surface area contributed by atoms with E-state index in [1.165, 1.54) is 6.42 Å². The van der Waals surface area contributed by atoms with Gasteiger partial charge in [-0.2, -0.15) is 0 Å². The van der Waals surface area contributed by atoms with Crippen LogP contribution in [0.1, 0.15) is 52.9 Å². The van der Waals surface area contributed by atoms with Crippen molar-refractivity contribution < 1.29 is 14.3 Å². The molecule has 0 aromatic rings. The molecular weight excluding hydrogens is 242 g/mol. The van der Waals surface area contributed by atoms with E-state index >= 15 is 0 Å². The van der Waals surface area contributed by atoms with Crippen molar-refractivity contribution in [1.82, 2.24) is 0 Å². The summed E-state index contributed by atoms with van der Waals surface area (Å²) in [4.78, 5) is 23.5. The lowest BCUT2D eigenvalue weighted by Gasteiger charge is -2.44. The first-order valence-corrected chi connectivity index (χ1v) is 7.38. The fraction of sp³-hybridized carbons (Fsp3) is 0.867. The first kappa shape index (κ1) is 14.4. The van der Waals surface area contributed by atoms with E-state index in [1.807, 2.05) is 0 Å². The summed E-state index contributed by atoms with van der Waals surface area (Å²) in [5.74, 6) is 0.806. The van der Waals surface area contributed by atoms with Crippen molar-refractivity contribution in [2.24, 2.45) is 29.4 Å². The van der Waals surface area contributed by atoms with Gasteiger partial charge in [0.05, 0.1) is 0 Å². The fourth-order valence-electron chi connectivity index (χ4n) is 3.95. The molecule has 2 N–H and O–H groups in total. The monoisotopic (exact) mass is 267 g/mol. The second-order valence-corrected chi connectivity index (χ2v) is 6.66. The lowest BCUT2D eigenvalue weighted by molar-refractivity contribution is -0.168. The maximum absolute atomic E-state index is 12.0. The van der Waals surface area contributed by atoms with Crippen LogP contribution in [0.2, 0.25) is 0 Å². The first-order chi connectivity index (χ1) is 8.86. The van der Waals surface area contributed by atoms with E-state index in [4.69, 9.17) is 10.5 Å². The van der Waals surface area contributed by atoms with E-state index in [0.717, 1.165) is 12.8 Å². The van der Waals surface area contributed by atoms with Crippen molar-refractivity contribution in [3.05, 3.63) is 0 Å². The van der Waals surface area contributed by atoms with Crippen molar-refractivity contribution in [2.75, 3.05) is 0 Å². The van der Waals surface area contributed by atoms with Crippen LogP contribution >= 0.6 is 0 Å². The molecule has 4 nitrogen and oxygen atoms in total. The molecule has 0 bridgehead atoms. The van der Waals surface area contributed by atoms with E-state index in [2.05, 4.69) is 20.8 Å². The van der Waals surface area contributed by atoms with Gasteiger partial charge in [0.1, 0.15) is 0 Å². The molecule has 0 spiro atoms. The van der Waals surface area contributed by atoms with Crippen LogP contribution in [0.3, 0.4) is 0 Å². The summed E-state index contributed by atoms with van der Waals surface area (Å²) in [5, 5.41) is 0. The number of ether oxygens (including phenoxy) is 1. The molecule has 2 fully saturated rings. The quantitative estimate of drug-likeness (QED) is 0.797. The number of esters is 1. The largest absolute Gasteiger partial charge is 0.449 e. The Hall–Kier alpha value is -1.06. The fourth-order valence-corrected chi connectivity index (χ4v) is 3.95. The van der Waals surface area contributed by atoms with Gasteiger partial charge in [0.2, 0.25) is 0 Å². The van der Waals surface area contributed by atoms with Gasteiger partial charge in [0.25, 0.3) is 5.91 Å². The van der Waals surface area contributed by atoms with Crippen LogP contribution in [-0.2, 0) is 14.3 Å². The average Bonchev–Trinajstić information content (AvgIpc) is 2.72. The Morgan fingerprint density at radius 3 is 2.58 bits per heavy atom. The molecule has 0 aromatic carbocycles. The number of carbonyl (C=O) groups is 2. The molecule has 4 atom stereocenters. The molecule has 0 aromatic heterocycles. The number of primary amides is 1.